The highest BCUT2D eigenvalue weighted by molar-refractivity contribution is 8.00. The van der Waals surface area contributed by atoms with Crippen molar-refractivity contribution in [1.29, 1.82) is 0 Å². The number of carbonyl (C=O) groups excluding carboxylic acids is 1. The second kappa shape index (κ2) is 9.59. The fraction of sp³-hybridized carbons (Fsp3) is 0.120. The standard InChI is InChI=1S/C25H21FN6O2S/c1-15(23(33)27-19-11-12-20-21(13-19)29-24(34)28-20)35-25-31-30-22(17-7-9-18(26)10-8-17)32(25)14-16-5-3-2-4-6-16/h2-13,15H,14H2,1H3,(H,27,33)(H2,28,29,34). The summed E-state index contributed by atoms with van der Waals surface area (Å²) < 4.78 is 15.4. The molecule has 0 radical (unpaired) electrons. The van der Waals surface area contributed by atoms with Crippen LogP contribution in [0.15, 0.2) is 82.7 Å². The molecule has 0 aliphatic heterocycles. The minimum absolute atomic E-state index is 0.218. The van der Waals surface area contributed by atoms with Crippen LogP contribution < -0.4 is 11.0 Å². The van der Waals surface area contributed by atoms with Crippen LogP contribution in [0.1, 0.15) is 12.5 Å². The zero-order chi connectivity index (χ0) is 24.4. The third-order valence-electron chi connectivity index (χ3n) is 5.44. The Morgan fingerprint density at radius 3 is 2.54 bits per heavy atom. The Kier molecular flexibility index (Phi) is 6.19. The molecular formula is C25H21FN6O2S. The van der Waals surface area contributed by atoms with Crippen molar-refractivity contribution >= 4 is 34.4 Å². The van der Waals surface area contributed by atoms with E-state index in [9.17, 15) is 14.0 Å². The summed E-state index contributed by atoms with van der Waals surface area (Å²) in [6.07, 6.45) is 0. The number of imidazole rings is 1. The molecule has 0 bridgehead atoms. The van der Waals surface area contributed by atoms with Crippen LogP contribution in [-0.4, -0.2) is 35.9 Å². The summed E-state index contributed by atoms with van der Waals surface area (Å²) in [5, 5.41) is 11.7. The number of aromatic nitrogens is 5. The number of aromatic amines is 2. The van der Waals surface area contributed by atoms with E-state index in [1.54, 1.807) is 37.3 Å². The van der Waals surface area contributed by atoms with Gasteiger partial charge in [0.05, 0.1) is 22.8 Å². The third kappa shape index (κ3) is 5.02. The summed E-state index contributed by atoms with van der Waals surface area (Å²) in [7, 11) is 0. The Labute approximate surface area is 203 Å². The minimum Gasteiger partial charge on any atom is -0.325 e. The van der Waals surface area contributed by atoms with Crippen molar-refractivity contribution in [3.05, 3.63) is 94.7 Å². The molecule has 0 aliphatic rings. The number of nitrogens with one attached hydrogen (secondary N) is 3. The maximum absolute atomic E-state index is 13.5. The number of hydrogen-bond donors (Lipinski definition) is 3. The fourth-order valence-electron chi connectivity index (χ4n) is 3.66. The summed E-state index contributed by atoms with van der Waals surface area (Å²) in [5.74, 6) is 0.0420. The highest BCUT2D eigenvalue weighted by Gasteiger charge is 2.21. The molecule has 0 saturated carbocycles. The van der Waals surface area contributed by atoms with Crippen LogP contribution in [0.25, 0.3) is 22.4 Å². The molecule has 0 aliphatic carbocycles. The lowest BCUT2D eigenvalue weighted by Crippen LogP contribution is -2.23. The Balaban J connectivity index is 1.39. The van der Waals surface area contributed by atoms with E-state index in [2.05, 4.69) is 25.5 Å². The number of anilines is 1. The first-order valence-corrected chi connectivity index (χ1v) is 11.8. The number of thioether (sulfide) groups is 1. The van der Waals surface area contributed by atoms with Crippen LogP contribution in [-0.2, 0) is 11.3 Å². The molecule has 5 aromatic rings. The maximum Gasteiger partial charge on any atom is 0.323 e. The highest BCUT2D eigenvalue weighted by atomic mass is 32.2. The van der Waals surface area contributed by atoms with Crippen molar-refractivity contribution in [2.24, 2.45) is 0 Å². The Morgan fingerprint density at radius 1 is 1.03 bits per heavy atom. The summed E-state index contributed by atoms with van der Waals surface area (Å²) in [6.45, 7) is 2.28. The quantitative estimate of drug-likeness (QED) is 0.294. The highest BCUT2D eigenvalue weighted by Crippen LogP contribution is 2.29. The van der Waals surface area contributed by atoms with Gasteiger partial charge in [0.2, 0.25) is 5.91 Å². The van der Waals surface area contributed by atoms with Crippen molar-refractivity contribution in [1.82, 2.24) is 24.7 Å². The first-order chi connectivity index (χ1) is 17.0. The molecule has 1 unspecified atom stereocenters. The van der Waals surface area contributed by atoms with Crippen molar-refractivity contribution in [3.8, 4) is 11.4 Å². The molecule has 5 rings (SSSR count). The monoisotopic (exact) mass is 488 g/mol. The van der Waals surface area contributed by atoms with Gasteiger partial charge in [-0.3, -0.25) is 9.36 Å². The predicted octanol–water partition coefficient (Wildman–Crippen LogP) is 4.42. The van der Waals surface area contributed by atoms with Gasteiger partial charge in [0.25, 0.3) is 0 Å². The summed E-state index contributed by atoms with van der Waals surface area (Å²) >= 11 is 1.28. The van der Waals surface area contributed by atoms with E-state index in [4.69, 9.17) is 0 Å². The molecule has 0 spiro atoms. The van der Waals surface area contributed by atoms with Gasteiger partial charge in [-0.2, -0.15) is 0 Å². The number of nitrogens with zero attached hydrogens (tertiary/aromatic N) is 3. The zero-order valence-electron chi connectivity index (χ0n) is 18.7. The first-order valence-electron chi connectivity index (χ1n) is 10.9. The molecule has 2 aromatic heterocycles. The average molecular weight is 489 g/mol. The van der Waals surface area contributed by atoms with Crippen molar-refractivity contribution in [2.45, 2.75) is 23.9 Å². The van der Waals surface area contributed by atoms with Crippen LogP contribution in [0.3, 0.4) is 0 Å². The van der Waals surface area contributed by atoms with Gasteiger partial charge in [-0.05, 0) is 55.0 Å². The minimum atomic E-state index is -0.490. The lowest BCUT2D eigenvalue weighted by molar-refractivity contribution is -0.115. The van der Waals surface area contributed by atoms with E-state index in [0.29, 0.717) is 34.2 Å². The largest absolute Gasteiger partial charge is 0.325 e. The van der Waals surface area contributed by atoms with Gasteiger partial charge < -0.3 is 15.3 Å². The molecule has 3 aromatic carbocycles. The Bertz CT molecular complexity index is 1540. The third-order valence-corrected chi connectivity index (χ3v) is 6.52. The van der Waals surface area contributed by atoms with Crippen LogP contribution in [0.4, 0.5) is 10.1 Å². The number of carbonyl (C=O) groups is 1. The molecule has 0 saturated heterocycles. The zero-order valence-corrected chi connectivity index (χ0v) is 19.5. The number of rotatable bonds is 7. The predicted molar refractivity (Wildman–Crippen MR) is 134 cm³/mol. The van der Waals surface area contributed by atoms with Crippen LogP contribution >= 0.6 is 11.8 Å². The van der Waals surface area contributed by atoms with Gasteiger partial charge in [-0.1, -0.05) is 42.1 Å². The summed E-state index contributed by atoms with van der Waals surface area (Å²) in [5.41, 5.74) is 3.32. The first kappa shape index (κ1) is 22.6. The number of halogens is 1. The van der Waals surface area contributed by atoms with Crippen molar-refractivity contribution in [2.75, 3.05) is 5.32 Å². The van der Waals surface area contributed by atoms with Crippen LogP contribution in [0, 0.1) is 5.82 Å². The fourth-order valence-corrected chi connectivity index (χ4v) is 4.51. The SMILES string of the molecule is CC(Sc1nnc(-c2ccc(F)cc2)n1Cc1ccccc1)C(=O)Nc1ccc2[nH]c(=O)[nH]c2c1. The van der Waals surface area contributed by atoms with E-state index < -0.39 is 5.25 Å². The van der Waals surface area contributed by atoms with Gasteiger partial charge >= 0.3 is 5.69 Å². The molecule has 35 heavy (non-hydrogen) atoms. The Morgan fingerprint density at radius 2 is 1.77 bits per heavy atom. The lowest BCUT2D eigenvalue weighted by Gasteiger charge is -2.14. The molecule has 10 heteroatoms. The molecule has 2 heterocycles. The smallest absolute Gasteiger partial charge is 0.323 e. The second-order valence-corrected chi connectivity index (χ2v) is 9.28. The van der Waals surface area contributed by atoms with E-state index in [1.165, 1.54) is 23.9 Å². The molecule has 176 valence electrons. The number of hydrogen-bond acceptors (Lipinski definition) is 5. The van der Waals surface area contributed by atoms with E-state index >= 15 is 0 Å². The molecular weight excluding hydrogens is 467 g/mol. The van der Waals surface area contributed by atoms with Gasteiger partial charge in [0.15, 0.2) is 11.0 Å². The number of amides is 1. The topological polar surface area (TPSA) is 108 Å². The van der Waals surface area contributed by atoms with Gasteiger partial charge in [-0.15, -0.1) is 10.2 Å². The molecule has 3 N–H and O–H groups in total. The van der Waals surface area contributed by atoms with Gasteiger partial charge in [0.1, 0.15) is 5.82 Å². The molecule has 1 amide bonds. The van der Waals surface area contributed by atoms with E-state index in [1.807, 2.05) is 34.9 Å². The molecule has 0 fully saturated rings. The number of benzene rings is 3. The van der Waals surface area contributed by atoms with Crippen molar-refractivity contribution in [3.63, 3.8) is 0 Å². The summed E-state index contributed by atoms with van der Waals surface area (Å²) in [4.78, 5) is 29.8. The summed E-state index contributed by atoms with van der Waals surface area (Å²) in [6, 6.07) is 21.1. The molecule has 1 atom stereocenters. The van der Waals surface area contributed by atoms with Crippen LogP contribution in [0.5, 0.6) is 0 Å². The van der Waals surface area contributed by atoms with E-state index in [0.717, 1.165) is 11.1 Å². The normalized spacial score (nSPS) is 12.1. The second-order valence-electron chi connectivity index (χ2n) is 7.97. The lowest BCUT2D eigenvalue weighted by atomic mass is 10.2. The average Bonchev–Trinajstić information content (AvgIpc) is 3.42. The number of fused-ring (bicyclic) bond motifs is 1. The van der Waals surface area contributed by atoms with Crippen molar-refractivity contribution < 1.29 is 9.18 Å². The number of H-pyrrole nitrogens is 2. The van der Waals surface area contributed by atoms with Gasteiger partial charge in [-0.25, -0.2) is 9.18 Å². The Hall–Kier alpha value is -4.18. The molecule has 8 nitrogen and oxygen atoms in total. The van der Waals surface area contributed by atoms with Gasteiger partial charge in [0, 0.05) is 11.3 Å². The van der Waals surface area contributed by atoms with E-state index in [-0.39, 0.29) is 17.4 Å². The maximum atomic E-state index is 13.5. The van der Waals surface area contributed by atoms with Crippen LogP contribution in [0.2, 0.25) is 0 Å².